The normalized spacial score (nSPS) is 12.8. The van der Waals surface area contributed by atoms with E-state index in [-0.39, 0.29) is 44.3 Å². The van der Waals surface area contributed by atoms with E-state index in [1.807, 2.05) is 6.07 Å². The molecule has 3 atom stereocenters. The maximum Gasteiger partial charge on any atom is 0.408 e. The van der Waals surface area contributed by atoms with Gasteiger partial charge in [0.25, 0.3) is 0 Å². The van der Waals surface area contributed by atoms with E-state index in [0.29, 0.717) is 6.42 Å². The van der Waals surface area contributed by atoms with Crippen molar-refractivity contribution in [2.24, 2.45) is 5.10 Å². The van der Waals surface area contributed by atoms with Gasteiger partial charge < -0.3 is 36.1 Å². The van der Waals surface area contributed by atoms with Crippen molar-refractivity contribution >= 4 is 42.5 Å². The highest BCUT2D eigenvalue weighted by atomic mass is 16.6. The fourth-order valence-electron chi connectivity index (χ4n) is 3.52. The van der Waals surface area contributed by atoms with E-state index in [1.165, 1.54) is 14.0 Å². The average molecular weight is 605 g/mol. The number of nitrogens with one attached hydrogen (secondary N) is 7. The minimum Gasteiger partial charge on any atom is -0.459 e. The zero-order valence-electron chi connectivity index (χ0n) is 25.4. The first kappa shape index (κ1) is 36.3. The van der Waals surface area contributed by atoms with Gasteiger partial charge >= 0.3 is 12.1 Å². The number of hydrogen-bond acceptors (Lipinski definition) is 9. The lowest BCUT2D eigenvalue weighted by Gasteiger charge is -2.26. The second kappa shape index (κ2) is 18.7. The second-order valence-electron chi connectivity index (χ2n) is 10.5. The molecule has 7 N–H and O–H groups in total. The molecule has 0 unspecified atom stereocenters. The van der Waals surface area contributed by atoms with Crippen LogP contribution >= 0.6 is 0 Å². The summed E-state index contributed by atoms with van der Waals surface area (Å²) in [5.41, 5.74) is 2.27. The largest absolute Gasteiger partial charge is 0.459 e. The summed E-state index contributed by atoms with van der Waals surface area (Å²) in [4.78, 5) is 63.4. The van der Waals surface area contributed by atoms with Crippen LogP contribution in [0.15, 0.2) is 35.4 Å². The summed E-state index contributed by atoms with van der Waals surface area (Å²) >= 11 is 0. The fraction of sp³-hybridized carbons (Fsp3) is 0.536. The number of amides is 4. The third kappa shape index (κ3) is 15.8. The van der Waals surface area contributed by atoms with E-state index in [4.69, 9.17) is 14.9 Å². The number of carbonyl (C=O) groups is 5. The monoisotopic (exact) mass is 604 g/mol. The molecule has 0 radical (unpaired) electrons. The van der Waals surface area contributed by atoms with Gasteiger partial charge in [0, 0.05) is 26.7 Å². The number of nitrogens with zero attached hydrogens (tertiary/aromatic N) is 1. The Labute approximate surface area is 251 Å². The first-order chi connectivity index (χ1) is 20.2. The minimum atomic E-state index is -1.22. The molecule has 15 nitrogen and oxygen atoms in total. The van der Waals surface area contributed by atoms with Crippen LogP contribution in [0.5, 0.6) is 0 Å². The molecule has 43 heavy (non-hydrogen) atoms. The van der Waals surface area contributed by atoms with E-state index in [2.05, 4.69) is 43.8 Å². The lowest BCUT2D eigenvalue weighted by molar-refractivity contribution is -0.148. The van der Waals surface area contributed by atoms with Crippen LogP contribution in [0.3, 0.4) is 0 Å². The van der Waals surface area contributed by atoms with Crippen molar-refractivity contribution in [3.8, 4) is 0 Å². The maximum absolute atomic E-state index is 13.3. The van der Waals surface area contributed by atoms with Gasteiger partial charge in [-0.1, -0.05) is 30.3 Å². The molecule has 1 rings (SSSR count). The molecule has 0 aliphatic heterocycles. The Bertz CT molecular complexity index is 1110. The first-order valence-corrected chi connectivity index (χ1v) is 13.8. The standard InChI is InChI=1S/C28H44N8O7/c1-18(25(40)42-17-19-11-8-7-9-12-19)33-23(38)21(14-15-22(37)30-5)34-24(39)20(35-27(41)43-28(2,3)4)13-10-16-32-26(29)36-31-6/h7-9,11-12,18,20-21H,6,10,13-17H2,1-5H3,(H,30,37)(H,33,38)(H,34,39)(H,35,41)(H3,29,32,36)/t18-,20-,21-/m0/s1. The molecule has 0 fully saturated rings. The van der Waals surface area contributed by atoms with Gasteiger partial charge in [-0.25, -0.2) is 15.0 Å². The van der Waals surface area contributed by atoms with E-state index < -0.39 is 47.6 Å². The summed E-state index contributed by atoms with van der Waals surface area (Å²) in [7, 11) is 1.44. The lowest BCUT2D eigenvalue weighted by atomic mass is 10.1. The fourth-order valence-corrected chi connectivity index (χ4v) is 3.52. The minimum absolute atomic E-state index is 0.0171. The van der Waals surface area contributed by atoms with Crippen LogP contribution < -0.4 is 32.0 Å². The zero-order valence-corrected chi connectivity index (χ0v) is 25.4. The lowest BCUT2D eigenvalue weighted by Crippen LogP contribution is -2.56. The second-order valence-corrected chi connectivity index (χ2v) is 10.5. The van der Waals surface area contributed by atoms with Gasteiger partial charge in [0.05, 0.1) is 0 Å². The predicted octanol–water partition coefficient (Wildman–Crippen LogP) is 0.649. The highest BCUT2D eigenvalue weighted by Gasteiger charge is 2.30. The van der Waals surface area contributed by atoms with Crippen LogP contribution in [-0.4, -0.2) is 79.8 Å². The van der Waals surface area contributed by atoms with Crippen molar-refractivity contribution in [2.45, 2.75) is 83.7 Å². The average Bonchev–Trinajstić information content (AvgIpc) is 2.94. The number of carbonyl (C=O) groups excluding carboxylic acids is 5. The Morgan fingerprint density at radius 3 is 2.21 bits per heavy atom. The van der Waals surface area contributed by atoms with Crippen LogP contribution in [0.1, 0.15) is 58.9 Å². The van der Waals surface area contributed by atoms with Crippen LogP contribution in [0.4, 0.5) is 4.79 Å². The van der Waals surface area contributed by atoms with Crippen LogP contribution in [0, 0.1) is 5.41 Å². The first-order valence-electron chi connectivity index (χ1n) is 13.8. The highest BCUT2D eigenvalue weighted by Crippen LogP contribution is 2.09. The summed E-state index contributed by atoms with van der Waals surface area (Å²) in [6.45, 7) is 9.95. The summed E-state index contributed by atoms with van der Waals surface area (Å²) in [6.07, 6.45) is -0.580. The number of alkyl carbamates (subject to hydrolysis) is 1. The molecule has 0 spiro atoms. The van der Waals surface area contributed by atoms with Crippen molar-refractivity contribution < 1.29 is 33.4 Å². The molecule has 0 aromatic heterocycles. The maximum atomic E-state index is 13.3. The Kier molecular flexibility index (Phi) is 15.8. The number of benzene rings is 1. The predicted molar refractivity (Wildman–Crippen MR) is 160 cm³/mol. The van der Waals surface area contributed by atoms with Gasteiger partial charge in [0.1, 0.15) is 30.3 Å². The number of guanidine groups is 1. The number of hydrazone groups is 1. The van der Waals surface area contributed by atoms with E-state index >= 15 is 0 Å². The molecule has 1 aromatic rings. The van der Waals surface area contributed by atoms with Crippen LogP contribution in [-0.2, 0) is 35.3 Å². The molecule has 0 aliphatic carbocycles. The van der Waals surface area contributed by atoms with Crippen molar-refractivity contribution in [3.05, 3.63) is 35.9 Å². The van der Waals surface area contributed by atoms with Gasteiger partial charge in [-0.05, 0) is 52.5 Å². The molecule has 15 heteroatoms. The molecule has 0 heterocycles. The van der Waals surface area contributed by atoms with E-state index in [0.717, 1.165) is 5.56 Å². The summed E-state index contributed by atoms with van der Waals surface area (Å²) in [5, 5.41) is 23.8. The molecule has 0 saturated carbocycles. The SMILES string of the molecule is C=NNC(=N)NCCC[C@H](NC(=O)OC(C)(C)C)C(=O)N[C@@H](CCC(=O)NC)C(=O)N[C@@H](C)C(=O)OCc1ccccc1. The topological polar surface area (TPSA) is 212 Å². The number of hydrogen-bond donors (Lipinski definition) is 7. The highest BCUT2D eigenvalue weighted by molar-refractivity contribution is 5.93. The Morgan fingerprint density at radius 1 is 0.977 bits per heavy atom. The van der Waals surface area contributed by atoms with E-state index in [1.54, 1.807) is 45.0 Å². The van der Waals surface area contributed by atoms with Crippen molar-refractivity contribution in [2.75, 3.05) is 13.6 Å². The number of esters is 1. The molecule has 4 amide bonds. The van der Waals surface area contributed by atoms with Gasteiger partial charge in [-0.2, -0.15) is 5.10 Å². The van der Waals surface area contributed by atoms with Crippen molar-refractivity contribution in [1.82, 2.24) is 32.0 Å². The Hall–Kier alpha value is -4.69. The smallest absolute Gasteiger partial charge is 0.408 e. The number of rotatable bonds is 16. The molecular formula is C28H44N8O7. The molecular weight excluding hydrogens is 560 g/mol. The third-order valence-electron chi connectivity index (χ3n) is 5.68. The molecule has 238 valence electrons. The Morgan fingerprint density at radius 2 is 1.60 bits per heavy atom. The molecule has 0 aliphatic rings. The van der Waals surface area contributed by atoms with Gasteiger partial charge in [0.15, 0.2) is 0 Å². The molecule has 0 bridgehead atoms. The van der Waals surface area contributed by atoms with Gasteiger partial charge in [0.2, 0.25) is 23.7 Å². The Balaban J connectivity index is 2.96. The third-order valence-corrected chi connectivity index (χ3v) is 5.68. The van der Waals surface area contributed by atoms with Crippen molar-refractivity contribution in [3.63, 3.8) is 0 Å². The zero-order chi connectivity index (χ0) is 32.4. The molecule has 0 saturated heterocycles. The summed E-state index contributed by atoms with van der Waals surface area (Å²) in [6, 6.07) is 5.63. The molecule has 1 aromatic carbocycles. The van der Waals surface area contributed by atoms with Crippen LogP contribution in [0.25, 0.3) is 0 Å². The van der Waals surface area contributed by atoms with Crippen molar-refractivity contribution in [1.29, 1.82) is 5.41 Å². The summed E-state index contributed by atoms with van der Waals surface area (Å²) < 4.78 is 10.6. The van der Waals surface area contributed by atoms with Gasteiger partial charge in [-0.3, -0.25) is 19.8 Å². The van der Waals surface area contributed by atoms with E-state index in [9.17, 15) is 24.0 Å². The quantitative estimate of drug-likeness (QED) is 0.0463. The van der Waals surface area contributed by atoms with Crippen LogP contribution in [0.2, 0.25) is 0 Å². The number of ether oxygens (including phenoxy) is 2. The summed E-state index contributed by atoms with van der Waals surface area (Å²) in [5.74, 6) is -2.56. The van der Waals surface area contributed by atoms with Gasteiger partial charge in [-0.15, -0.1) is 0 Å².